The highest BCUT2D eigenvalue weighted by molar-refractivity contribution is 7.90. The average molecular weight is 266 g/mol. The fourth-order valence-corrected chi connectivity index (χ4v) is 2.34. The van der Waals surface area contributed by atoms with Gasteiger partial charge < -0.3 is 0 Å². The SMILES string of the molecule is CCS(=O)(=O)Cc1cc(C)cc(C(F)(F)F)c1. The third kappa shape index (κ3) is 4.03. The summed E-state index contributed by atoms with van der Waals surface area (Å²) >= 11 is 0. The summed E-state index contributed by atoms with van der Waals surface area (Å²) in [6.07, 6.45) is -4.45. The first kappa shape index (κ1) is 14.0. The van der Waals surface area contributed by atoms with Crippen molar-refractivity contribution in [1.82, 2.24) is 0 Å². The van der Waals surface area contributed by atoms with Crippen molar-refractivity contribution < 1.29 is 21.6 Å². The molecule has 0 spiro atoms. The predicted molar refractivity (Wildman–Crippen MR) is 59.3 cm³/mol. The summed E-state index contributed by atoms with van der Waals surface area (Å²) in [6.45, 7) is 2.98. The molecule has 17 heavy (non-hydrogen) atoms. The summed E-state index contributed by atoms with van der Waals surface area (Å²) in [6, 6.07) is 3.35. The molecule has 1 aromatic carbocycles. The van der Waals surface area contributed by atoms with E-state index in [1.165, 1.54) is 19.9 Å². The molecule has 0 unspecified atom stereocenters. The Morgan fingerprint density at radius 3 is 2.24 bits per heavy atom. The highest BCUT2D eigenvalue weighted by atomic mass is 32.2. The van der Waals surface area contributed by atoms with Crippen molar-refractivity contribution in [2.24, 2.45) is 0 Å². The highest BCUT2D eigenvalue weighted by Crippen LogP contribution is 2.30. The van der Waals surface area contributed by atoms with E-state index in [0.717, 1.165) is 12.1 Å². The molecular weight excluding hydrogens is 253 g/mol. The van der Waals surface area contributed by atoms with E-state index in [-0.39, 0.29) is 17.1 Å². The van der Waals surface area contributed by atoms with Gasteiger partial charge in [-0.25, -0.2) is 8.42 Å². The van der Waals surface area contributed by atoms with Crippen LogP contribution in [0.15, 0.2) is 18.2 Å². The molecule has 0 radical (unpaired) electrons. The lowest BCUT2D eigenvalue weighted by Gasteiger charge is -2.10. The monoisotopic (exact) mass is 266 g/mol. The number of rotatable bonds is 3. The molecule has 0 saturated heterocycles. The Morgan fingerprint density at radius 1 is 1.18 bits per heavy atom. The van der Waals surface area contributed by atoms with E-state index >= 15 is 0 Å². The van der Waals surface area contributed by atoms with Crippen LogP contribution in [0.1, 0.15) is 23.6 Å². The molecule has 0 atom stereocenters. The second-order valence-corrected chi connectivity index (χ2v) is 6.23. The van der Waals surface area contributed by atoms with Crippen molar-refractivity contribution in [3.05, 3.63) is 34.9 Å². The predicted octanol–water partition coefficient (Wildman–Crippen LogP) is 2.95. The number of halogens is 3. The molecule has 0 saturated carbocycles. The minimum Gasteiger partial charge on any atom is -0.229 e. The maximum atomic E-state index is 12.5. The summed E-state index contributed by atoms with van der Waals surface area (Å²) in [5, 5.41) is 0. The smallest absolute Gasteiger partial charge is 0.229 e. The molecule has 0 amide bonds. The van der Waals surface area contributed by atoms with E-state index in [1.807, 2.05) is 0 Å². The van der Waals surface area contributed by atoms with Gasteiger partial charge in [-0.15, -0.1) is 0 Å². The first-order valence-electron chi connectivity index (χ1n) is 5.02. The number of sulfone groups is 1. The van der Waals surface area contributed by atoms with Gasteiger partial charge >= 0.3 is 6.18 Å². The maximum Gasteiger partial charge on any atom is 0.416 e. The van der Waals surface area contributed by atoms with Gasteiger partial charge in [-0.1, -0.05) is 18.6 Å². The standard InChI is InChI=1S/C11H13F3O2S/c1-3-17(15,16)7-9-4-8(2)5-10(6-9)11(12,13)14/h4-6H,3,7H2,1-2H3. The van der Waals surface area contributed by atoms with E-state index in [4.69, 9.17) is 0 Å². The topological polar surface area (TPSA) is 34.1 Å². The molecule has 6 heteroatoms. The molecule has 0 heterocycles. The van der Waals surface area contributed by atoms with Crippen LogP contribution < -0.4 is 0 Å². The zero-order valence-electron chi connectivity index (χ0n) is 9.50. The van der Waals surface area contributed by atoms with Crippen LogP contribution in [-0.2, 0) is 21.8 Å². The fraction of sp³-hybridized carbons (Fsp3) is 0.455. The Kier molecular flexibility index (Phi) is 3.86. The van der Waals surface area contributed by atoms with Gasteiger partial charge in [-0.2, -0.15) is 13.2 Å². The van der Waals surface area contributed by atoms with Crippen LogP contribution in [-0.4, -0.2) is 14.2 Å². The summed E-state index contributed by atoms with van der Waals surface area (Å²) < 4.78 is 60.3. The van der Waals surface area contributed by atoms with Gasteiger partial charge in [0.2, 0.25) is 0 Å². The molecule has 0 N–H and O–H groups in total. The molecule has 0 aromatic heterocycles. The van der Waals surface area contributed by atoms with E-state index in [9.17, 15) is 21.6 Å². The summed E-state index contributed by atoms with van der Waals surface area (Å²) in [5.74, 6) is -0.434. The minimum atomic E-state index is -4.45. The van der Waals surface area contributed by atoms with Gasteiger partial charge in [0.05, 0.1) is 11.3 Å². The molecule has 2 nitrogen and oxygen atoms in total. The van der Waals surface area contributed by atoms with E-state index in [1.54, 1.807) is 0 Å². The van der Waals surface area contributed by atoms with Crippen LogP contribution in [0.3, 0.4) is 0 Å². The van der Waals surface area contributed by atoms with Crippen molar-refractivity contribution in [2.75, 3.05) is 5.75 Å². The van der Waals surface area contributed by atoms with Crippen LogP contribution in [0.25, 0.3) is 0 Å². The zero-order valence-corrected chi connectivity index (χ0v) is 10.3. The van der Waals surface area contributed by atoms with E-state index in [0.29, 0.717) is 5.56 Å². The first-order valence-corrected chi connectivity index (χ1v) is 6.84. The Morgan fingerprint density at radius 2 is 1.76 bits per heavy atom. The van der Waals surface area contributed by atoms with Gasteiger partial charge in [0.25, 0.3) is 0 Å². The Hall–Kier alpha value is -1.04. The second-order valence-electron chi connectivity index (χ2n) is 3.88. The second kappa shape index (κ2) is 4.68. The number of benzene rings is 1. The van der Waals surface area contributed by atoms with Crippen molar-refractivity contribution in [1.29, 1.82) is 0 Å². The molecule has 96 valence electrons. The third-order valence-electron chi connectivity index (χ3n) is 2.29. The summed E-state index contributed by atoms with van der Waals surface area (Å²) in [4.78, 5) is 0. The maximum absolute atomic E-state index is 12.5. The Labute approximate surface area is 98.4 Å². The Balaban J connectivity index is 3.15. The number of alkyl halides is 3. The third-order valence-corrected chi connectivity index (χ3v) is 3.94. The quantitative estimate of drug-likeness (QED) is 0.843. The van der Waals surface area contributed by atoms with Crippen molar-refractivity contribution in [3.63, 3.8) is 0 Å². The molecule has 0 bridgehead atoms. The van der Waals surface area contributed by atoms with Gasteiger partial charge in [0.15, 0.2) is 9.84 Å². The van der Waals surface area contributed by atoms with Gasteiger partial charge in [-0.05, 0) is 24.6 Å². The number of hydrogen-bond acceptors (Lipinski definition) is 2. The minimum absolute atomic E-state index is 0.0811. The summed E-state index contributed by atoms with van der Waals surface area (Å²) in [5.41, 5.74) is -0.223. The molecule has 0 aliphatic rings. The number of aryl methyl sites for hydroxylation is 1. The lowest BCUT2D eigenvalue weighted by atomic mass is 10.1. The summed E-state index contributed by atoms with van der Waals surface area (Å²) in [7, 11) is -3.32. The molecule has 1 rings (SSSR count). The zero-order chi connectivity index (χ0) is 13.3. The van der Waals surface area contributed by atoms with Crippen LogP contribution in [0.4, 0.5) is 13.2 Å². The van der Waals surface area contributed by atoms with Crippen molar-refractivity contribution >= 4 is 9.84 Å². The van der Waals surface area contributed by atoms with Crippen molar-refractivity contribution in [2.45, 2.75) is 25.8 Å². The largest absolute Gasteiger partial charge is 0.416 e. The van der Waals surface area contributed by atoms with Gasteiger partial charge in [-0.3, -0.25) is 0 Å². The number of hydrogen-bond donors (Lipinski definition) is 0. The van der Waals surface area contributed by atoms with E-state index < -0.39 is 21.6 Å². The first-order chi connectivity index (χ1) is 7.64. The van der Waals surface area contributed by atoms with Gasteiger partial charge in [0.1, 0.15) is 0 Å². The average Bonchev–Trinajstić information content (AvgIpc) is 2.14. The Bertz CT molecular complexity index is 504. The van der Waals surface area contributed by atoms with Crippen LogP contribution in [0.2, 0.25) is 0 Å². The van der Waals surface area contributed by atoms with Crippen molar-refractivity contribution in [3.8, 4) is 0 Å². The molecular formula is C11H13F3O2S. The van der Waals surface area contributed by atoms with Crippen LogP contribution >= 0.6 is 0 Å². The van der Waals surface area contributed by atoms with E-state index in [2.05, 4.69) is 0 Å². The molecule has 1 aromatic rings. The van der Waals surface area contributed by atoms with Crippen LogP contribution in [0.5, 0.6) is 0 Å². The fourth-order valence-electron chi connectivity index (χ4n) is 1.47. The normalized spacial score (nSPS) is 12.8. The lowest BCUT2D eigenvalue weighted by Crippen LogP contribution is -2.10. The lowest BCUT2D eigenvalue weighted by molar-refractivity contribution is -0.137. The van der Waals surface area contributed by atoms with Gasteiger partial charge in [0, 0.05) is 5.75 Å². The molecule has 0 fully saturated rings. The highest BCUT2D eigenvalue weighted by Gasteiger charge is 2.31. The molecule has 0 aliphatic carbocycles. The van der Waals surface area contributed by atoms with Crippen LogP contribution in [0, 0.1) is 6.92 Å². The molecule has 0 aliphatic heterocycles.